The summed E-state index contributed by atoms with van der Waals surface area (Å²) >= 11 is 0. The summed E-state index contributed by atoms with van der Waals surface area (Å²) in [5.74, 6) is -1.27. The van der Waals surface area contributed by atoms with Crippen LogP contribution in [0.3, 0.4) is 0 Å². The van der Waals surface area contributed by atoms with Gasteiger partial charge in [0.25, 0.3) is 0 Å². The van der Waals surface area contributed by atoms with Gasteiger partial charge in [0.05, 0.1) is 16.6 Å². The molecule has 0 saturated heterocycles. The number of carboxylic acids is 1. The molecular weight excluding hydrogens is 247 g/mol. The Morgan fingerprint density at radius 3 is 2.56 bits per heavy atom. The van der Waals surface area contributed by atoms with Gasteiger partial charge in [0.1, 0.15) is 0 Å². The third-order valence-corrected chi connectivity index (χ3v) is 2.50. The fourth-order valence-corrected chi connectivity index (χ4v) is 1.78. The SMILES string of the molecule is Cc1cc(C(=O)O)c2cccc(C(F)(F)F)c2n1. The van der Waals surface area contributed by atoms with E-state index in [1.807, 2.05) is 0 Å². The molecule has 0 bridgehead atoms. The molecule has 0 aliphatic heterocycles. The Hall–Kier alpha value is -2.11. The van der Waals surface area contributed by atoms with Crippen LogP contribution in [0.1, 0.15) is 21.6 Å². The second-order valence-corrected chi connectivity index (χ2v) is 3.82. The molecule has 0 radical (unpaired) electrons. The molecule has 0 aliphatic carbocycles. The molecule has 6 heteroatoms. The van der Waals surface area contributed by atoms with Crippen molar-refractivity contribution in [2.24, 2.45) is 0 Å². The maximum atomic E-state index is 12.8. The number of carboxylic acid groups (broad SMARTS) is 1. The number of hydrogen-bond donors (Lipinski definition) is 1. The number of halogens is 3. The molecule has 0 saturated carbocycles. The van der Waals surface area contributed by atoms with Crippen molar-refractivity contribution in [2.75, 3.05) is 0 Å². The maximum Gasteiger partial charge on any atom is 0.418 e. The van der Waals surface area contributed by atoms with Crippen LogP contribution < -0.4 is 0 Å². The van der Waals surface area contributed by atoms with Crippen LogP contribution in [0.2, 0.25) is 0 Å². The highest BCUT2D eigenvalue weighted by Crippen LogP contribution is 2.34. The number of rotatable bonds is 1. The van der Waals surface area contributed by atoms with Gasteiger partial charge in [0.15, 0.2) is 0 Å². The van der Waals surface area contributed by atoms with E-state index in [0.717, 1.165) is 6.07 Å². The molecule has 2 aromatic rings. The first-order valence-corrected chi connectivity index (χ1v) is 5.01. The van der Waals surface area contributed by atoms with Gasteiger partial charge in [0.2, 0.25) is 0 Å². The van der Waals surface area contributed by atoms with Gasteiger partial charge < -0.3 is 5.11 Å². The lowest BCUT2D eigenvalue weighted by molar-refractivity contribution is -0.136. The number of hydrogen-bond acceptors (Lipinski definition) is 2. The molecule has 1 aromatic carbocycles. The molecule has 0 amide bonds. The summed E-state index contributed by atoms with van der Waals surface area (Å²) in [5, 5.41) is 8.98. The van der Waals surface area contributed by atoms with Crippen molar-refractivity contribution in [1.82, 2.24) is 4.98 Å². The van der Waals surface area contributed by atoms with E-state index in [1.165, 1.54) is 25.1 Å². The number of aromatic carboxylic acids is 1. The summed E-state index contributed by atoms with van der Waals surface area (Å²) in [6.07, 6.45) is -4.56. The number of fused-ring (bicyclic) bond motifs is 1. The van der Waals surface area contributed by atoms with E-state index in [4.69, 9.17) is 5.11 Å². The topological polar surface area (TPSA) is 50.2 Å². The summed E-state index contributed by atoms with van der Waals surface area (Å²) in [5.41, 5.74) is -1.20. The maximum absolute atomic E-state index is 12.8. The van der Waals surface area contributed by atoms with Crippen molar-refractivity contribution < 1.29 is 23.1 Å². The fraction of sp³-hybridized carbons (Fsp3) is 0.167. The quantitative estimate of drug-likeness (QED) is 0.850. The van der Waals surface area contributed by atoms with Crippen LogP contribution in [0.4, 0.5) is 13.2 Å². The van der Waals surface area contributed by atoms with E-state index in [2.05, 4.69) is 4.98 Å². The second kappa shape index (κ2) is 3.97. The molecule has 94 valence electrons. The lowest BCUT2D eigenvalue weighted by Crippen LogP contribution is -2.09. The highest BCUT2D eigenvalue weighted by atomic mass is 19.4. The minimum Gasteiger partial charge on any atom is -0.478 e. The zero-order valence-corrected chi connectivity index (χ0v) is 9.25. The van der Waals surface area contributed by atoms with Gasteiger partial charge in [-0.15, -0.1) is 0 Å². The molecule has 1 heterocycles. The van der Waals surface area contributed by atoms with Crippen molar-refractivity contribution in [3.05, 3.63) is 41.1 Å². The molecule has 0 fully saturated rings. The second-order valence-electron chi connectivity index (χ2n) is 3.82. The van der Waals surface area contributed by atoms with Crippen LogP contribution >= 0.6 is 0 Å². The number of pyridine rings is 1. The molecule has 0 atom stereocenters. The van der Waals surface area contributed by atoms with E-state index < -0.39 is 17.7 Å². The molecule has 18 heavy (non-hydrogen) atoms. The van der Waals surface area contributed by atoms with Crippen LogP contribution in [0, 0.1) is 6.92 Å². The Balaban J connectivity index is 2.90. The van der Waals surface area contributed by atoms with Crippen LogP contribution in [0.25, 0.3) is 10.9 Å². The van der Waals surface area contributed by atoms with Gasteiger partial charge in [-0.2, -0.15) is 13.2 Å². The smallest absolute Gasteiger partial charge is 0.418 e. The number of aryl methyl sites for hydroxylation is 1. The Morgan fingerprint density at radius 2 is 2.00 bits per heavy atom. The third-order valence-electron chi connectivity index (χ3n) is 2.50. The normalized spacial score (nSPS) is 11.8. The van der Waals surface area contributed by atoms with E-state index in [1.54, 1.807) is 0 Å². The minimum absolute atomic E-state index is 0.0112. The molecular formula is C12H8F3NO2. The summed E-state index contributed by atoms with van der Waals surface area (Å²) in [4.78, 5) is 14.8. The molecule has 2 rings (SSSR count). The van der Waals surface area contributed by atoms with E-state index in [0.29, 0.717) is 0 Å². The summed E-state index contributed by atoms with van der Waals surface area (Å²) < 4.78 is 38.4. The zero-order valence-electron chi connectivity index (χ0n) is 9.25. The average Bonchev–Trinajstić information content (AvgIpc) is 2.25. The minimum atomic E-state index is -4.56. The third kappa shape index (κ3) is 2.01. The molecule has 0 unspecified atom stereocenters. The van der Waals surface area contributed by atoms with E-state index in [9.17, 15) is 18.0 Å². The van der Waals surface area contributed by atoms with E-state index >= 15 is 0 Å². The fourth-order valence-electron chi connectivity index (χ4n) is 1.78. The van der Waals surface area contributed by atoms with Crippen LogP contribution in [-0.2, 0) is 6.18 Å². The highest BCUT2D eigenvalue weighted by molar-refractivity contribution is 6.03. The lowest BCUT2D eigenvalue weighted by Gasteiger charge is -2.11. The van der Waals surface area contributed by atoms with Crippen molar-refractivity contribution in [2.45, 2.75) is 13.1 Å². The standard InChI is InChI=1S/C12H8F3NO2/c1-6-5-8(11(17)18)7-3-2-4-9(10(7)16-6)12(13,14)15/h2-5H,1H3,(H,17,18). The Morgan fingerprint density at radius 1 is 1.33 bits per heavy atom. The van der Waals surface area contributed by atoms with Gasteiger partial charge in [0, 0.05) is 11.1 Å². The van der Waals surface area contributed by atoms with Gasteiger partial charge in [-0.1, -0.05) is 12.1 Å². The zero-order chi connectivity index (χ0) is 13.5. The summed E-state index contributed by atoms with van der Waals surface area (Å²) in [6, 6.07) is 4.64. The van der Waals surface area contributed by atoms with Crippen LogP contribution in [0.15, 0.2) is 24.3 Å². The van der Waals surface area contributed by atoms with Gasteiger partial charge >= 0.3 is 12.1 Å². The lowest BCUT2D eigenvalue weighted by atomic mass is 10.0. The van der Waals surface area contributed by atoms with Crippen LogP contribution in [0.5, 0.6) is 0 Å². The number of para-hydroxylation sites is 1. The van der Waals surface area contributed by atoms with Crippen molar-refractivity contribution in [3.63, 3.8) is 0 Å². The molecule has 1 N–H and O–H groups in total. The van der Waals surface area contributed by atoms with Gasteiger partial charge in [-0.3, -0.25) is 4.98 Å². The van der Waals surface area contributed by atoms with E-state index in [-0.39, 0.29) is 22.2 Å². The van der Waals surface area contributed by atoms with Gasteiger partial charge in [-0.25, -0.2) is 4.79 Å². The van der Waals surface area contributed by atoms with Crippen molar-refractivity contribution in [3.8, 4) is 0 Å². The number of benzene rings is 1. The number of carbonyl (C=O) groups is 1. The average molecular weight is 255 g/mol. The number of aromatic nitrogens is 1. The largest absolute Gasteiger partial charge is 0.478 e. The number of alkyl halides is 3. The molecule has 0 aliphatic rings. The molecule has 1 aromatic heterocycles. The van der Waals surface area contributed by atoms with Gasteiger partial charge in [-0.05, 0) is 19.1 Å². The Bertz CT molecular complexity index is 635. The predicted octanol–water partition coefficient (Wildman–Crippen LogP) is 3.26. The van der Waals surface area contributed by atoms with Crippen molar-refractivity contribution >= 4 is 16.9 Å². The predicted molar refractivity (Wildman–Crippen MR) is 58.4 cm³/mol. The Labute approximate surface area is 99.9 Å². The van der Waals surface area contributed by atoms with Crippen molar-refractivity contribution in [1.29, 1.82) is 0 Å². The van der Waals surface area contributed by atoms with Crippen LogP contribution in [-0.4, -0.2) is 16.1 Å². The monoisotopic (exact) mass is 255 g/mol. The Kier molecular flexibility index (Phi) is 2.73. The summed E-state index contributed by atoms with van der Waals surface area (Å²) in [7, 11) is 0. The first kappa shape index (κ1) is 12.3. The first-order chi connectivity index (χ1) is 8.30. The summed E-state index contributed by atoms with van der Waals surface area (Å²) in [6.45, 7) is 1.46. The molecule has 0 spiro atoms. The first-order valence-electron chi connectivity index (χ1n) is 5.01. The number of nitrogens with zero attached hydrogens (tertiary/aromatic N) is 1. The highest BCUT2D eigenvalue weighted by Gasteiger charge is 2.33. The molecule has 3 nitrogen and oxygen atoms in total.